The minimum atomic E-state index is 0.549. The molecule has 0 aromatic carbocycles. The van der Waals surface area contributed by atoms with Gasteiger partial charge in [-0.1, -0.05) is 12.8 Å². The van der Waals surface area contributed by atoms with Gasteiger partial charge in [0.1, 0.15) is 5.82 Å². The normalized spacial score (nSPS) is 16.0. The second kappa shape index (κ2) is 4.93. The van der Waals surface area contributed by atoms with Crippen LogP contribution in [0.4, 0.5) is 5.82 Å². The lowest BCUT2D eigenvalue weighted by molar-refractivity contribution is 0.740. The summed E-state index contributed by atoms with van der Waals surface area (Å²) in [6.45, 7) is 6.15. The molecule has 0 atom stereocenters. The first-order valence-electron chi connectivity index (χ1n) is 8.03. The zero-order valence-corrected chi connectivity index (χ0v) is 13.3. The summed E-state index contributed by atoms with van der Waals surface area (Å²) >= 11 is 0. The van der Waals surface area contributed by atoms with Crippen molar-refractivity contribution in [3.63, 3.8) is 0 Å². The molecule has 5 nitrogen and oxygen atoms in total. The first-order chi connectivity index (χ1) is 10.6. The van der Waals surface area contributed by atoms with Crippen LogP contribution in [-0.4, -0.2) is 25.6 Å². The van der Waals surface area contributed by atoms with Gasteiger partial charge in [-0.2, -0.15) is 4.52 Å². The fraction of sp³-hybridized carbons (Fsp3) is 0.471. The summed E-state index contributed by atoms with van der Waals surface area (Å²) in [7, 11) is 0. The van der Waals surface area contributed by atoms with Crippen LogP contribution in [0.25, 0.3) is 16.7 Å². The zero-order chi connectivity index (χ0) is 15.3. The third-order valence-corrected chi connectivity index (χ3v) is 4.51. The van der Waals surface area contributed by atoms with Crippen molar-refractivity contribution >= 4 is 22.5 Å². The molecular weight excluding hydrogens is 274 g/mol. The van der Waals surface area contributed by atoms with E-state index in [1.54, 1.807) is 0 Å². The Bertz CT molecular complexity index is 858. The minimum absolute atomic E-state index is 0.549. The van der Waals surface area contributed by atoms with Gasteiger partial charge < -0.3 is 5.32 Å². The zero-order valence-electron chi connectivity index (χ0n) is 13.3. The molecule has 114 valence electrons. The Balaban J connectivity index is 1.94. The van der Waals surface area contributed by atoms with Crippen molar-refractivity contribution in [2.75, 3.05) is 5.32 Å². The highest BCUT2D eigenvalue weighted by Crippen LogP contribution is 2.27. The lowest BCUT2D eigenvalue weighted by Crippen LogP contribution is -2.17. The number of nitrogens with one attached hydrogen (secondary N) is 1. The molecule has 0 bridgehead atoms. The molecule has 22 heavy (non-hydrogen) atoms. The van der Waals surface area contributed by atoms with Crippen LogP contribution in [0, 0.1) is 20.8 Å². The van der Waals surface area contributed by atoms with Crippen LogP contribution in [0.1, 0.15) is 42.6 Å². The van der Waals surface area contributed by atoms with Gasteiger partial charge in [0, 0.05) is 23.5 Å². The molecule has 0 saturated heterocycles. The van der Waals surface area contributed by atoms with E-state index in [1.807, 2.05) is 18.4 Å². The molecule has 0 spiro atoms. The van der Waals surface area contributed by atoms with Gasteiger partial charge in [-0.05, 0) is 45.2 Å². The quantitative estimate of drug-likeness (QED) is 0.785. The molecule has 1 aliphatic rings. The first kappa shape index (κ1) is 13.5. The summed E-state index contributed by atoms with van der Waals surface area (Å²) in [6, 6.07) is 4.73. The summed E-state index contributed by atoms with van der Waals surface area (Å²) in [5.74, 6) is 1.03. The maximum absolute atomic E-state index is 4.71. The van der Waals surface area contributed by atoms with Crippen molar-refractivity contribution in [3.8, 4) is 0 Å². The van der Waals surface area contributed by atoms with Crippen LogP contribution in [0.3, 0.4) is 0 Å². The van der Waals surface area contributed by atoms with Gasteiger partial charge in [0.15, 0.2) is 11.3 Å². The Labute approximate surface area is 129 Å². The van der Waals surface area contributed by atoms with E-state index >= 15 is 0 Å². The first-order valence-corrected chi connectivity index (χ1v) is 8.03. The summed E-state index contributed by atoms with van der Waals surface area (Å²) in [6.07, 6.45) is 5.09. The number of fused-ring (bicyclic) bond motifs is 3. The van der Waals surface area contributed by atoms with Crippen LogP contribution < -0.4 is 5.32 Å². The summed E-state index contributed by atoms with van der Waals surface area (Å²) in [5.41, 5.74) is 4.87. The van der Waals surface area contributed by atoms with Crippen LogP contribution in [0.15, 0.2) is 12.1 Å². The molecule has 0 aliphatic heterocycles. The highest BCUT2D eigenvalue weighted by atomic mass is 15.3. The minimum Gasteiger partial charge on any atom is -0.367 e. The lowest BCUT2D eigenvalue weighted by atomic mass is 10.2. The van der Waals surface area contributed by atoms with E-state index in [-0.39, 0.29) is 0 Å². The highest BCUT2D eigenvalue weighted by Gasteiger charge is 2.18. The van der Waals surface area contributed by atoms with Gasteiger partial charge in [0.25, 0.3) is 0 Å². The molecule has 3 aromatic rings. The SMILES string of the molecule is Cc1cc(C)c2c(n1)nn1c(NC3CCCC3)cc(C)nc21. The van der Waals surface area contributed by atoms with E-state index in [4.69, 9.17) is 10.1 Å². The Hall–Kier alpha value is -2.17. The Morgan fingerprint density at radius 2 is 1.77 bits per heavy atom. The number of rotatable bonds is 2. The average Bonchev–Trinajstić information content (AvgIpc) is 3.05. The van der Waals surface area contributed by atoms with Gasteiger partial charge in [-0.15, -0.1) is 5.10 Å². The fourth-order valence-corrected chi connectivity index (χ4v) is 3.53. The molecule has 1 aliphatic carbocycles. The van der Waals surface area contributed by atoms with Crippen LogP contribution in [0.5, 0.6) is 0 Å². The summed E-state index contributed by atoms with van der Waals surface area (Å²) in [5, 5.41) is 9.41. The highest BCUT2D eigenvalue weighted by molar-refractivity contribution is 5.93. The lowest BCUT2D eigenvalue weighted by Gasteiger charge is -2.14. The van der Waals surface area contributed by atoms with Crippen molar-refractivity contribution in [3.05, 3.63) is 29.1 Å². The molecule has 1 saturated carbocycles. The van der Waals surface area contributed by atoms with Crippen LogP contribution in [0.2, 0.25) is 0 Å². The number of anilines is 1. The van der Waals surface area contributed by atoms with E-state index in [2.05, 4.69) is 29.4 Å². The Kier molecular flexibility index (Phi) is 3.03. The van der Waals surface area contributed by atoms with Crippen molar-refractivity contribution < 1.29 is 0 Å². The molecule has 0 amide bonds. The number of hydrogen-bond acceptors (Lipinski definition) is 4. The average molecular weight is 295 g/mol. The standard InChI is InChI=1S/C17H21N5/c1-10-8-11(2)18-16-15(10)17-19-12(3)9-14(22(17)21-16)20-13-6-4-5-7-13/h8-9,13,20H,4-7H2,1-3H3. The number of hydrogen-bond donors (Lipinski definition) is 1. The van der Waals surface area contributed by atoms with Gasteiger partial charge in [-0.3, -0.25) is 0 Å². The summed E-state index contributed by atoms with van der Waals surface area (Å²) < 4.78 is 1.93. The molecule has 3 aromatic heterocycles. The van der Waals surface area contributed by atoms with E-state index in [9.17, 15) is 0 Å². The molecular formula is C17H21N5. The maximum atomic E-state index is 4.71. The second-order valence-corrected chi connectivity index (χ2v) is 6.42. The smallest absolute Gasteiger partial charge is 0.184 e. The van der Waals surface area contributed by atoms with Crippen molar-refractivity contribution in [1.29, 1.82) is 0 Å². The van der Waals surface area contributed by atoms with Crippen LogP contribution in [-0.2, 0) is 0 Å². The Morgan fingerprint density at radius 1 is 1.05 bits per heavy atom. The maximum Gasteiger partial charge on any atom is 0.184 e. The number of pyridine rings is 1. The van der Waals surface area contributed by atoms with Gasteiger partial charge in [0.05, 0.1) is 5.39 Å². The van der Waals surface area contributed by atoms with Crippen LogP contribution >= 0.6 is 0 Å². The number of aryl methyl sites for hydroxylation is 3. The molecule has 0 unspecified atom stereocenters. The molecule has 1 N–H and O–H groups in total. The third-order valence-electron chi connectivity index (χ3n) is 4.51. The van der Waals surface area contributed by atoms with Crippen molar-refractivity contribution in [1.82, 2.24) is 19.6 Å². The largest absolute Gasteiger partial charge is 0.367 e. The molecule has 0 radical (unpaired) electrons. The number of nitrogens with zero attached hydrogens (tertiary/aromatic N) is 4. The monoisotopic (exact) mass is 295 g/mol. The van der Waals surface area contributed by atoms with E-state index in [0.717, 1.165) is 33.9 Å². The van der Waals surface area contributed by atoms with E-state index in [1.165, 1.54) is 31.2 Å². The molecule has 4 rings (SSSR count). The predicted octanol–water partition coefficient (Wildman–Crippen LogP) is 3.56. The van der Waals surface area contributed by atoms with E-state index in [0.29, 0.717) is 6.04 Å². The van der Waals surface area contributed by atoms with E-state index < -0.39 is 0 Å². The fourth-order valence-electron chi connectivity index (χ4n) is 3.53. The van der Waals surface area contributed by atoms with Crippen molar-refractivity contribution in [2.45, 2.75) is 52.5 Å². The van der Waals surface area contributed by atoms with Crippen molar-refractivity contribution in [2.24, 2.45) is 0 Å². The predicted molar refractivity (Wildman–Crippen MR) is 88.4 cm³/mol. The number of aromatic nitrogens is 4. The molecule has 5 heteroatoms. The third kappa shape index (κ3) is 2.12. The topological polar surface area (TPSA) is 55.1 Å². The van der Waals surface area contributed by atoms with Gasteiger partial charge in [-0.25, -0.2) is 9.97 Å². The summed E-state index contributed by atoms with van der Waals surface area (Å²) in [4.78, 5) is 9.29. The second-order valence-electron chi connectivity index (χ2n) is 6.42. The Morgan fingerprint density at radius 3 is 2.55 bits per heavy atom. The molecule has 1 fully saturated rings. The van der Waals surface area contributed by atoms with Gasteiger partial charge in [0.2, 0.25) is 0 Å². The molecule has 3 heterocycles. The van der Waals surface area contributed by atoms with Gasteiger partial charge >= 0.3 is 0 Å².